The Morgan fingerprint density at radius 1 is 1.47 bits per heavy atom. The average molecular weight is 262 g/mol. The molecule has 1 aliphatic heterocycles. The Morgan fingerprint density at radius 2 is 2.32 bits per heavy atom. The fourth-order valence-electron chi connectivity index (χ4n) is 2.28. The molecule has 1 aliphatic rings. The Bertz CT molecular complexity index is 446. The van der Waals surface area contributed by atoms with E-state index in [0.29, 0.717) is 6.54 Å². The molecule has 0 atom stereocenters. The molecular weight excluding hydrogens is 240 g/mol. The number of carbonyl (C=O) groups excluding carboxylic acids is 1. The van der Waals surface area contributed by atoms with Crippen molar-refractivity contribution in [2.75, 3.05) is 33.8 Å². The number of hydrogen-bond donors (Lipinski definition) is 1. The van der Waals surface area contributed by atoms with Crippen LogP contribution in [0.15, 0.2) is 18.2 Å². The number of rotatable bonds is 5. The summed E-state index contributed by atoms with van der Waals surface area (Å²) in [6, 6.07) is 6.37. The van der Waals surface area contributed by atoms with Crippen molar-refractivity contribution in [3.05, 3.63) is 29.3 Å². The average Bonchev–Trinajstić information content (AvgIpc) is 2.44. The second kappa shape index (κ2) is 6.57. The van der Waals surface area contributed by atoms with Crippen LogP contribution in [0.25, 0.3) is 0 Å². The fraction of sp³-hybridized carbons (Fsp3) is 0.533. The normalized spacial score (nSPS) is 13.6. The van der Waals surface area contributed by atoms with Crippen LogP contribution in [0.5, 0.6) is 5.75 Å². The Morgan fingerprint density at radius 3 is 3.11 bits per heavy atom. The quantitative estimate of drug-likeness (QED) is 0.868. The largest absolute Gasteiger partial charge is 0.493 e. The van der Waals surface area contributed by atoms with Gasteiger partial charge in [-0.2, -0.15) is 0 Å². The first-order valence-electron chi connectivity index (χ1n) is 6.84. The number of carbonyl (C=O) groups is 1. The molecule has 1 amide bonds. The molecule has 4 nitrogen and oxygen atoms in total. The van der Waals surface area contributed by atoms with Crippen LogP contribution >= 0.6 is 0 Å². The van der Waals surface area contributed by atoms with Gasteiger partial charge in [0.1, 0.15) is 5.75 Å². The Labute approximate surface area is 114 Å². The Hall–Kier alpha value is -1.55. The zero-order chi connectivity index (χ0) is 13.7. The molecule has 2 rings (SSSR count). The molecule has 0 unspecified atom stereocenters. The third-order valence-electron chi connectivity index (χ3n) is 3.46. The van der Waals surface area contributed by atoms with Crippen molar-refractivity contribution in [1.29, 1.82) is 0 Å². The van der Waals surface area contributed by atoms with Crippen molar-refractivity contribution in [3.8, 4) is 5.75 Å². The summed E-state index contributed by atoms with van der Waals surface area (Å²) in [4.78, 5) is 13.4. The van der Waals surface area contributed by atoms with Crippen LogP contribution in [0.2, 0.25) is 0 Å². The number of hydrogen-bond acceptors (Lipinski definition) is 3. The first-order chi connectivity index (χ1) is 9.20. The monoisotopic (exact) mass is 262 g/mol. The van der Waals surface area contributed by atoms with E-state index < -0.39 is 0 Å². The number of amides is 1. The highest BCUT2D eigenvalue weighted by atomic mass is 16.5. The second-order valence-corrected chi connectivity index (χ2v) is 4.99. The highest BCUT2D eigenvalue weighted by molar-refractivity contribution is 5.77. The predicted molar refractivity (Wildman–Crippen MR) is 75.5 cm³/mol. The summed E-state index contributed by atoms with van der Waals surface area (Å²) in [6.07, 6.45) is 3.08. The minimum Gasteiger partial charge on any atom is -0.493 e. The lowest BCUT2D eigenvalue weighted by Gasteiger charge is -2.19. The highest BCUT2D eigenvalue weighted by Gasteiger charge is 2.11. The number of ether oxygens (including phenoxy) is 1. The lowest BCUT2D eigenvalue weighted by atomic mass is 10.0. The zero-order valence-corrected chi connectivity index (χ0v) is 11.7. The number of likely N-dealkylation sites (N-methyl/N-ethyl adjacent to an activating group) is 2. The molecule has 104 valence electrons. The maximum Gasteiger partial charge on any atom is 0.236 e. The van der Waals surface area contributed by atoms with E-state index in [1.807, 2.05) is 7.05 Å². The van der Waals surface area contributed by atoms with Gasteiger partial charge in [0, 0.05) is 13.6 Å². The van der Waals surface area contributed by atoms with E-state index in [1.54, 1.807) is 11.9 Å². The van der Waals surface area contributed by atoms with Crippen LogP contribution < -0.4 is 10.1 Å². The summed E-state index contributed by atoms with van der Waals surface area (Å²) in [5, 5.41) is 2.88. The molecule has 0 saturated heterocycles. The molecule has 0 fully saturated rings. The van der Waals surface area contributed by atoms with Gasteiger partial charge in [0.05, 0.1) is 13.2 Å². The van der Waals surface area contributed by atoms with Gasteiger partial charge in [0.25, 0.3) is 0 Å². The van der Waals surface area contributed by atoms with Gasteiger partial charge in [0.15, 0.2) is 0 Å². The van der Waals surface area contributed by atoms with Gasteiger partial charge < -0.3 is 15.0 Å². The van der Waals surface area contributed by atoms with Crippen LogP contribution in [-0.4, -0.2) is 44.6 Å². The lowest BCUT2D eigenvalue weighted by molar-refractivity contribution is -0.128. The molecule has 1 N–H and O–H groups in total. The van der Waals surface area contributed by atoms with E-state index >= 15 is 0 Å². The first kappa shape index (κ1) is 13.9. The summed E-state index contributed by atoms with van der Waals surface area (Å²) in [5.74, 6) is 1.15. The van der Waals surface area contributed by atoms with E-state index in [2.05, 4.69) is 23.5 Å². The second-order valence-electron chi connectivity index (χ2n) is 4.99. The molecule has 0 radical (unpaired) electrons. The highest BCUT2D eigenvalue weighted by Crippen LogP contribution is 2.25. The number of benzene rings is 1. The van der Waals surface area contributed by atoms with E-state index in [4.69, 9.17) is 4.74 Å². The van der Waals surface area contributed by atoms with Crippen molar-refractivity contribution < 1.29 is 9.53 Å². The maximum absolute atomic E-state index is 11.6. The third kappa shape index (κ3) is 3.70. The molecule has 0 aliphatic carbocycles. The topological polar surface area (TPSA) is 41.6 Å². The van der Waals surface area contributed by atoms with Crippen molar-refractivity contribution in [1.82, 2.24) is 10.2 Å². The lowest BCUT2D eigenvalue weighted by Crippen LogP contribution is -2.35. The maximum atomic E-state index is 11.6. The minimum atomic E-state index is 0.129. The summed E-state index contributed by atoms with van der Waals surface area (Å²) in [6.45, 7) is 1.97. The Balaban J connectivity index is 1.91. The fourth-order valence-corrected chi connectivity index (χ4v) is 2.28. The van der Waals surface area contributed by atoms with Crippen molar-refractivity contribution in [2.45, 2.75) is 19.3 Å². The van der Waals surface area contributed by atoms with Gasteiger partial charge in [-0.15, -0.1) is 0 Å². The van der Waals surface area contributed by atoms with Crippen molar-refractivity contribution in [3.63, 3.8) is 0 Å². The first-order valence-corrected chi connectivity index (χ1v) is 6.84. The zero-order valence-electron chi connectivity index (χ0n) is 11.7. The number of aryl methyl sites for hydroxylation is 1. The third-order valence-corrected chi connectivity index (χ3v) is 3.46. The van der Waals surface area contributed by atoms with Crippen LogP contribution in [0, 0.1) is 0 Å². The van der Waals surface area contributed by atoms with Gasteiger partial charge in [-0.05, 0) is 43.5 Å². The summed E-state index contributed by atoms with van der Waals surface area (Å²) < 4.78 is 5.60. The van der Waals surface area contributed by atoms with Gasteiger partial charge in [-0.3, -0.25) is 4.79 Å². The molecule has 1 aromatic carbocycles. The molecule has 0 aromatic heterocycles. The van der Waals surface area contributed by atoms with E-state index in [1.165, 1.54) is 11.1 Å². The molecule has 0 saturated carbocycles. The van der Waals surface area contributed by atoms with Gasteiger partial charge >= 0.3 is 0 Å². The van der Waals surface area contributed by atoms with E-state index in [0.717, 1.165) is 38.2 Å². The predicted octanol–water partition coefficient (Wildman–Crippen LogP) is 1.23. The van der Waals surface area contributed by atoms with Gasteiger partial charge in [0.2, 0.25) is 5.91 Å². The summed E-state index contributed by atoms with van der Waals surface area (Å²) in [5.41, 5.74) is 2.57. The SMILES string of the molecule is CNCC(=O)N(C)CCc1ccc2c(c1)CCCO2. The van der Waals surface area contributed by atoms with Crippen LogP contribution in [0.4, 0.5) is 0 Å². The number of nitrogens with zero attached hydrogens (tertiary/aromatic N) is 1. The van der Waals surface area contributed by atoms with Crippen LogP contribution in [0.1, 0.15) is 17.5 Å². The van der Waals surface area contributed by atoms with E-state index in [-0.39, 0.29) is 5.91 Å². The van der Waals surface area contributed by atoms with Crippen LogP contribution in [-0.2, 0) is 17.6 Å². The van der Waals surface area contributed by atoms with Crippen molar-refractivity contribution >= 4 is 5.91 Å². The van der Waals surface area contributed by atoms with Crippen molar-refractivity contribution in [2.24, 2.45) is 0 Å². The number of nitrogens with one attached hydrogen (secondary N) is 1. The smallest absolute Gasteiger partial charge is 0.236 e. The van der Waals surface area contributed by atoms with Gasteiger partial charge in [-0.25, -0.2) is 0 Å². The Kier molecular flexibility index (Phi) is 4.80. The molecule has 19 heavy (non-hydrogen) atoms. The molecule has 1 aromatic rings. The van der Waals surface area contributed by atoms with Gasteiger partial charge in [-0.1, -0.05) is 12.1 Å². The standard InChI is InChI=1S/C15H22N2O2/c1-16-11-15(18)17(2)8-7-12-5-6-14-13(10-12)4-3-9-19-14/h5-6,10,16H,3-4,7-9,11H2,1-2H3. The summed E-state index contributed by atoms with van der Waals surface area (Å²) >= 11 is 0. The molecule has 0 bridgehead atoms. The molecule has 4 heteroatoms. The molecule has 1 heterocycles. The molecule has 0 spiro atoms. The molecular formula is C15H22N2O2. The summed E-state index contributed by atoms with van der Waals surface area (Å²) in [7, 11) is 3.64. The number of fused-ring (bicyclic) bond motifs is 1. The van der Waals surface area contributed by atoms with E-state index in [9.17, 15) is 4.79 Å². The minimum absolute atomic E-state index is 0.129. The van der Waals surface area contributed by atoms with Crippen LogP contribution in [0.3, 0.4) is 0 Å².